The van der Waals surface area contributed by atoms with Crippen LogP contribution in [0.5, 0.6) is 0 Å². The summed E-state index contributed by atoms with van der Waals surface area (Å²) in [4.78, 5) is 19.9. The van der Waals surface area contributed by atoms with E-state index < -0.39 is 12.2 Å². The van der Waals surface area contributed by atoms with Gasteiger partial charge in [-0.25, -0.2) is 0 Å². The lowest BCUT2D eigenvalue weighted by Crippen LogP contribution is -1.95. The van der Waals surface area contributed by atoms with Crippen LogP contribution in [0.3, 0.4) is 0 Å². The molecular weight excluding hydrogens is 432 g/mol. The topological polar surface area (TPSA) is 101 Å². The first kappa shape index (κ1) is 33.0. The number of rotatable bonds is 10. The molecule has 0 aliphatic rings. The summed E-state index contributed by atoms with van der Waals surface area (Å²) in [5.41, 5.74) is 0. The second kappa shape index (κ2) is 23.0. The van der Waals surface area contributed by atoms with Gasteiger partial charge in [0.1, 0.15) is 23.7 Å². The normalized spacial score (nSPS) is 11.7. The van der Waals surface area contributed by atoms with Crippen molar-refractivity contribution in [3.63, 3.8) is 0 Å². The number of furan rings is 2. The number of aldehydes is 2. The van der Waals surface area contributed by atoms with Gasteiger partial charge in [-0.05, 0) is 63.8 Å². The van der Waals surface area contributed by atoms with Crippen molar-refractivity contribution in [3.8, 4) is 0 Å². The summed E-state index contributed by atoms with van der Waals surface area (Å²) in [6.07, 6.45) is 14.3. The van der Waals surface area contributed by atoms with Crippen LogP contribution >= 0.6 is 0 Å². The molecular formula is C28H40O6. The molecule has 0 radical (unpaired) electrons. The SMILES string of the molecule is C/C=C/CC(O)c1ccc(C(O)C/C=C/C)o1.C=CCC.C=CCC.O=Cc1ccc(C=O)o1. The molecule has 2 aromatic heterocycles. The van der Waals surface area contributed by atoms with Gasteiger partial charge in [0.15, 0.2) is 24.1 Å². The van der Waals surface area contributed by atoms with E-state index in [9.17, 15) is 19.8 Å². The highest BCUT2D eigenvalue weighted by Crippen LogP contribution is 2.25. The maximum Gasteiger partial charge on any atom is 0.185 e. The molecule has 0 aliphatic carbocycles. The fraction of sp³-hybridized carbons (Fsp3) is 0.357. The minimum atomic E-state index is -0.645. The van der Waals surface area contributed by atoms with Crippen LogP contribution in [0, 0.1) is 0 Å². The van der Waals surface area contributed by atoms with Gasteiger partial charge in [-0.15, -0.1) is 13.2 Å². The molecule has 0 aromatic carbocycles. The van der Waals surface area contributed by atoms with E-state index in [1.54, 1.807) is 12.1 Å². The molecule has 2 heterocycles. The molecule has 0 bridgehead atoms. The second-order valence-corrected chi connectivity index (χ2v) is 6.75. The molecule has 0 saturated heterocycles. The highest BCUT2D eigenvalue weighted by Gasteiger charge is 2.15. The first-order chi connectivity index (χ1) is 16.4. The Morgan fingerprint density at radius 1 is 0.765 bits per heavy atom. The van der Waals surface area contributed by atoms with Crippen molar-refractivity contribution in [1.29, 1.82) is 0 Å². The maximum absolute atomic E-state index is 9.93. The minimum absolute atomic E-state index is 0.178. The van der Waals surface area contributed by atoms with E-state index in [0.717, 1.165) is 12.8 Å². The standard InChI is InChI=1S/C14H20O3.C6H4O3.2C4H8/c1-3-5-7-11(15)13-9-10-14(17-13)12(16)8-6-4-2;7-3-5-1-2-6(4-8)9-5;2*1-3-4-2/h3-6,9-12,15-16H,7-8H2,1-2H3;1-4H;2*3H,1,4H2,2H3/b5-3+,6-4+;;;. The summed E-state index contributed by atoms with van der Waals surface area (Å²) in [6.45, 7) is 14.9. The van der Waals surface area contributed by atoms with E-state index in [-0.39, 0.29) is 11.5 Å². The van der Waals surface area contributed by atoms with E-state index >= 15 is 0 Å². The Hall–Kier alpha value is -3.22. The number of aliphatic hydroxyl groups is 2. The molecule has 0 amide bonds. The molecule has 0 saturated carbocycles. The fourth-order valence-corrected chi connectivity index (χ4v) is 1.98. The van der Waals surface area contributed by atoms with E-state index in [0.29, 0.717) is 36.9 Å². The minimum Gasteiger partial charge on any atom is -0.461 e. The van der Waals surface area contributed by atoms with Crippen molar-refractivity contribution in [2.75, 3.05) is 0 Å². The third-order valence-electron chi connectivity index (χ3n) is 3.95. The number of aliphatic hydroxyl groups excluding tert-OH is 2. The lowest BCUT2D eigenvalue weighted by Gasteiger charge is -2.06. The molecule has 2 unspecified atom stereocenters. The smallest absolute Gasteiger partial charge is 0.185 e. The lowest BCUT2D eigenvalue weighted by atomic mass is 10.2. The van der Waals surface area contributed by atoms with E-state index in [1.807, 2.05) is 50.3 Å². The zero-order valence-electron chi connectivity index (χ0n) is 20.9. The Labute approximate surface area is 204 Å². The Morgan fingerprint density at radius 2 is 1.12 bits per heavy atom. The first-order valence-corrected chi connectivity index (χ1v) is 11.3. The molecule has 6 nitrogen and oxygen atoms in total. The van der Waals surface area contributed by atoms with Gasteiger partial charge in [0.05, 0.1) is 0 Å². The Bertz CT molecular complexity index is 776. The summed E-state index contributed by atoms with van der Waals surface area (Å²) < 4.78 is 10.1. The number of carbonyl (C=O) groups excluding carboxylic acids is 2. The zero-order valence-corrected chi connectivity index (χ0v) is 20.9. The molecule has 2 aromatic rings. The second-order valence-electron chi connectivity index (χ2n) is 6.75. The Kier molecular flexibility index (Phi) is 22.3. The Morgan fingerprint density at radius 3 is 1.35 bits per heavy atom. The van der Waals surface area contributed by atoms with Crippen molar-refractivity contribution >= 4 is 12.6 Å². The van der Waals surface area contributed by atoms with Crippen LogP contribution in [0.25, 0.3) is 0 Å². The van der Waals surface area contributed by atoms with Crippen LogP contribution in [0.1, 0.15) is 98.2 Å². The molecule has 0 spiro atoms. The van der Waals surface area contributed by atoms with Gasteiger partial charge >= 0.3 is 0 Å². The van der Waals surface area contributed by atoms with Crippen LogP contribution in [-0.2, 0) is 0 Å². The summed E-state index contributed by atoms with van der Waals surface area (Å²) >= 11 is 0. The third kappa shape index (κ3) is 16.4. The van der Waals surface area contributed by atoms with Crippen molar-refractivity contribution in [3.05, 3.63) is 96.9 Å². The average Bonchev–Trinajstić information content (AvgIpc) is 3.56. The van der Waals surface area contributed by atoms with Gasteiger partial charge in [-0.1, -0.05) is 50.3 Å². The Balaban J connectivity index is 0. The van der Waals surface area contributed by atoms with Crippen LogP contribution in [0.4, 0.5) is 0 Å². The van der Waals surface area contributed by atoms with Gasteiger partial charge in [0.25, 0.3) is 0 Å². The first-order valence-electron chi connectivity index (χ1n) is 11.3. The molecule has 2 rings (SSSR count). The van der Waals surface area contributed by atoms with Gasteiger partial charge in [-0.2, -0.15) is 0 Å². The highest BCUT2D eigenvalue weighted by atomic mass is 16.4. The quantitative estimate of drug-likeness (QED) is 0.277. The number of allylic oxidation sites excluding steroid dienone is 4. The van der Waals surface area contributed by atoms with Crippen molar-refractivity contribution in [2.24, 2.45) is 0 Å². The number of carbonyl (C=O) groups is 2. The molecule has 34 heavy (non-hydrogen) atoms. The largest absolute Gasteiger partial charge is 0.461 e. The summed E-state index contributed by atoms with van der Waals surface area (Å²) in [6, 6.07) is 6.30. The lowest BCUT2D eigenvalue weighted by molar-refractivity contribution is 0.108. The van der Waals surface area contributed by atoms with E-state index in [4.69, 9.17) is 4.42 Å². The van der Waals surface area contributed by atoms with Crippen molar-refractivity contribution in [2.45, 2.75) is 65.6 Å². The maximum atomic E-state index is 9.93. The monoisotopic (exact) mass is 472 g/mol. The number of hydrogen-bond acceptors (Lipinski definition) is 6. The fourth-order valence-electron chi connectivity index (χ4n) is 1.98. The van der Waals surface area contributed by atoms with E-state index in [1.165, 1.54) is 12.1 Å². The van der Waals surface area contributed by atoms with Crippen LogP contribution in [0.15, 0.2) is 82.7 Å². The van der Waals surface area contributed by atoms with Gasteiger partial charge in [0.2, 0.25) is 0 Å². The van der Waals surface area contributed by atoms with Crippen LogP contribution in [0.2, 0.25) is 0 Å². The number of hydrogen-bond donors (Lipinski definition) is 2. The van der Waals surface area contributed by atoms with Gasteiger partial charge in [0, 0.05) is 0 Å². The van der Waals surface area contributed by atoms with E-state index in [2.05, 4.69) is 31.4 Å². The van der Waals surface area contributed by atoms with Crippen LogP contribution in [-0.4, -0.2) is 22.8 Å². The van der Waals surface area contributed by atoms with Crippen molar-refractivity contribution in [1.82, 2.24) is 0 Å². The molecule has 0 fully saturated rings. The molecule has 2 atom stereocenters. The molecule has 0 aliphatic heterocycles. The third-order valence-corrected chi connectivity index (χ3v) is 3.95. The highest BCUT2D eigenvalue weighted by molar-refractivity contribution is 5.75. The van der Waals surface area contributed by atoms with Crippen LogP contribution < -0.4 is 0 Å². The summed E-state index contributed by atoms with van der Waals surface area (Å²) in [7, 11) is 0. The predicted molar refractivity (Wildman–Crippen MR) is 138 cm³/mol. The molecule has 188 valence electrons. The van der Waals surface area contributed by atoms with Gasteiger partial charge in [-0.3, -0.25) is 9.59 Å². The molecule has 6 heteroatoms. The summed E-state index contributed by atoms with van der Waals surface area (Å²) in [5, 5.41) is 19.6. The average molecular weight is 473 g/mol. The zero-order chi connectivity index (χ0) is 26.2. The predicted octanol–water partition coefficient (Wildman–Crippen LogP) is 7.35. The van der Waals surface area contributed by atoms with Gasteiger partial charge < -0.3 is 19.0 Å². The van der Waals surface area contributed by atoms with Crippen molar-refractivity contribution < 1.29 is 28.6 Å². The summed E-state index contributed by atoms with van der Waals surface area (Å²) in [5.74, 6) is 1.35. The molecule has 2 N–H and O–H groups in total.